The second kappa shape index (κ2) is 9.07. The lowest BCUT2D eigenvalue weighted by Crippen LogP contribution is -2.22. The van der Waals surface area contributed by atoms with Crippen molar-refractivity contribution < 1.29 is 9.53 Å². The van der Waals surface area contributed by atoms with Gasteiger partial charge in [-0.1, -0.05) is 71.9 Å². The number of rotatable bonds is 7. The first kappa shape index (κ1) is 21.0. The van der Waals surface area contributed by atoms with Gasteiger partial charge >= 0.3 is 0 Å². The second-order valence-corrected chi connectivity index (χ2v) is 8.14. The smallest absolute Gasteiger partial charge is 0.262 e. The number of aryl methyl sites for hydroxylation is 1. The van der Waals surface area contributed by atoms with Gasteiger partial charge in [0, 0.05) is 5.69 Å². The predicted octanol–water partition coefficient (Wildman–Crippen LogP) is 6.38. The van der Waals surface area contributed by atoms with Gasteiger partial charge in [-0.15, -0.1) is 0 Å². The van der Waals surface area contributed by atoms with Crippen LogP contribution < -0.4 is 10.1 Å². The SMILES string of the molecule is Cc1ccc(C(C)C)cc1OCC(=O)Nc1c(C(C)C)cccc1C(C)C. The first-order valence-corrected chi connectivity index (χ1v) is 9.86. The summed E-state index contributed by atoms with van der Waals surface area (Å²) in [6.07, 6.45) is 0. The minimum Gasteiger partial charge on any atom is -0.483 e. The van der Waals surface area contributed by atoms with Crippen LogP contribution in [0.25, 0.3) is 0 Å². The Morgan fingerprint density at radius 2 is 1.52 bits per heavy atom. The molecule has 0 atom stereocenters. The fourth-order valence-corrected chi connectivity index (χ4v) is 3.15. The number of ether oxygens (including phenoxy) is 1. The molecule has 3 nitrogen and oxygen atoms in total. The van der Waals surface area contributed by atoms with Crippen LogP contribution in [0.3, 0.4) is 0 Å². The molecule has 2 aromatic rings. The van der Waals surface area contributed by atoms with Crippen LogP contribution in [0.4, 0.5) is 5.69 Å². The molecular weight excluding hydrogens is 334 g/mol. The Kier molecular flexibility index (Phi) is 7.06. The highest BCUT2D eigenvalue weighted by Gasteiger charge is 2.16. The van der Waals surface area contributed by atoms with Gasteiger partial charge in [0.15, 0.2) is 6.61 Å². The summed E-state index contributed by atoms with van der Waals surface area (Å²) in [5.74, 6) is 1.75. The maximum Gasteiger partial charge on any atom is 0.262 e. The molecule has 0 aliphatic rings. The monoisotopic (exact) mass is 367 g/mol. The number of benzene rings is 2. The minimum absolute atomic E-state index is 0.00630. The molecule has 0 saturated heterocycles. The molecule has 0 unspecified atom stereocenters. The summed E-state index contributed by atoms with van der Waals surface area (Å²) in [7, 11) is 0. The van der Waals surface area contributed by atoms with Crippen LogP contribution in [0, 0.1) is 6.92 Å². The molecule has 3 heteroatoms. The van der Waals surface area contributed by atoms with E-state index in [-0.39, 0.29) is 12.5 Å². The zero-order valence-corrected chi connectivity index (χ0v) is 17.7. The first-order valence-electron chi connectivity index (χ1n) is 9.86. The quantitative estimate of drug-likeness (QED) is 0.616. The second-order valence-electron chi connectivity index (χ2n) is 8.14. The highest BCUT2D eigenvalue weighted by atomic mass is 16.5. The average Bonchev–Trinajstić information content (AvgIpc) is 2.60. The molecule has 2 rings (SSSR count). The highest BCUT2D eigenvalue weighted by molar-refractivity contribution is 5.93. The van der Waals surface area contributed by atoms with Crippen LogP contribution in [0.2, 0.25) is 0 Å². The first-order chi connectivity index (χ1) is 12.7. The molecule has 146 valence electrons. The molecule has 0 bridgehead atoms. The number of amides is 1. The van der Waals surface area contributed by atoms with E-state index in [1.807, 2.05) is 19.1 Å². The summed E-state index contributed by atoms with van der Waals surface area (Å²) < 4.78 is 5.85. The lowest BCUT2D eigenvalue weighted by molar-refractivity contribution is -0.118. The normalized spacial score (nSPS) is 11.3. The number of para-hydroxylation sites is 1. The van der Waals surface area contributed by atoms with Crippen molar-refractivity contribution in [1.82, 2.24) is 0 Å². The molecule has 0 radical (unpaired) electrons. The largest absolute Gasteiger partial charge is 0.483 e. The van der Waals surface area contributed by atoms with E-state index in [9.17, 15) is 4.79 Å². The summed E-state index contributed by atoms with van der Waals surface area (Å²) in [5, 5.41) is 3.10. The van der Waals surface area contributed by atoms with Gasteiger partial charge in [-0.3, -0.25) is 4.79 Å². The van der Waals surface area contributed by atoms with E-state index >= 15 is 0 Å². The summed E-state index contributed by atoms with van der Waals surface area (Å²) >= 11 is 0. The van der Waals surface area contributed by atoms with Crippen LogP contribution in [0.15, 0.2) is 36.4 Å². The molecule has 0 spiro atoms. The van der Waals surface area contributed by atoms with Crippen molar-refractivity contribution in [2.75, 3.05) is 11.9 Å². The maximum atomic E-state index is 12.6. The van der Waals surface area contributed by atoms with E-state index < -0.39 is 0 Å². The molecule has 0 aliphatic carbocycles. The Hall–Kier alpha value is -2.29. The average molecular weight is 368 g/mol. The third kappa shape index (κ3) is 5.35. The fourth-order valence-electron chi connectivity index (χ4n) is 3.15. The Labute approximate surface area is 164 Å². The van der Waals surface area contributed by atoms with Gasteiger partial charge in [-0.2, -0.15) is 0 Å². The van der Waals surface area contributed by atoms with Crippen LogP contribution in [0.5, 0.6) is 5.75 Å². The summed E-state index contributed by atoms with van der Waals surface area (Å²) in [5.41, 5.74) is 5.50. The molecule has 0 aliphatic heterocycles. The van der Waals surface area contributed by atoms with Gasteiger partial charge in [-0.25, -0.2) is 0 Å². The van der Waals surface area contributed by atoms with Gasteiger partial charge in [0.25, 0.3) is 5.91 Å². The molecule has 0 heterocycles. The molecular formula is C24H33NO2. The lowest BCUT2D eigenvalue weighted by Gasteiger charge is -2.20. The van der Waals surface area contributed by atoms with Crippen molar-refractivity contribution in [3.05, 3.63) is 58.7 Å². The maximum absolute atomic E-state index is 12.6. The minimum atomic E-state index is -0.126. The molecule has 2 aromatic carbocycles. The predicted molar refractivity (Wildman–Crippen MR) is 114 cm³/mol. The van der Waals surface area contributed by atoms with Crippen LogP contribution in [-0.4, -0.2) is 12.5 Å². The molecule has 27 heavy (non-hydrogen) atoms. The van der Waals surface area contributed by atoms with Crippen LogP contribution in [0.1, 0.15) is 81.5 Å². The van der Waals surface area contributed by atoms with E-state index in [4.69, 9.17) is 4.74 Å². The number of nitrogens with one attached hydrogen (secondary N) is 1. The Bertz CT molecular complexity index is 765. The van der Waals surface area contributed by atoms with Crippen molar-refractivity contribution in [2.24, 2.45) is 0 Å². The summed E-state index contributed by atoms with van der Waals surface area (Å²) in [6, 6.07) is 12.4. The van der Waals surface area contributed by atoms with E-state index in [1.165, 1.54) is 5.56 Å². The van der Waals surface area contributed by atoms with E-state index in [1.54, 1.807) is 0 Å². The number of hydrogen-bond donors (Lipinski definition) is 1. The fraction of sp³-hybridized carbons (Fsp3) is 0.458. The molecule has 0 aromatic heterocycles. The molecule has 0 saturated carbocycles. The lowest BCUT2D eigenvalue weighted by atomic mass is 9.92. The van der Waals surface area contributed by atoms with Crippen LogP contribution >= 0.6 is 0 Å². The number of anilines is 1. The van der Waals surface area contributed by atoms with Crippen LogP contribution in [-0.2, 0) is 4.79 Å². The summed E-state index contributed by atoms with van der Waals surface area (Å²) in [6.45, 7) is 14.9. The zero-order valence-electron chi connectivity index (χ0n) is 17.7. The third-order valence-electron chi connectivity index (χ3n) is 4.87. The topological polar surface area (TPSA) is 38.3 Å². The third-order valence-corrected chi connectivity index (χ3v) is 4.87. The molecule has 1 N–H and O–H groups in total. The standard InChI is InChI=1S/C24H33NO2/c1-15(2)19-12-11-18(7)22(13-19)27-14-23(26)25-24-20(16(3)4)9-8-10-21(24)17(5)6/h8-13,15-17H,14H2,1-7H3,(H,25,26). The van der Waals surface area contributed by atoms with Crippen molar-refractivity contribution in [2.45, 2.75) is 66.2 Å². The van der Waals surface area contributed by atoms with Gasteiger partial charge in [0.05, 0.1) is 0 Å². The Balaban J connectivity index is 2.16. The molecule has 0 fully saturated rings. The Morgan fingerprint density at radius 3 is 2.04 bits per heavy atom. The van der Waals surface area contributed by atoms with Crippen molar-refractivity contribution in [3.8, 4) is 5.75 Å². The van der Waals surface area contributed by atoms with Gasteiger partial charge in [-0.05, 0) is 53.0 Å². The number of carbonyl (C=O) groups excluding carboxylic acids is 1. The highest BCUT2D eigenvalue weighted by Crippen LogP contribution is 2.32. The van der Waals surface area contributed by atoms with Crippen molar-refractivity contribution in [1.29, 1.82) is 0 Å². The van der Waals surface area contributed by atoms with Crippen molar-refractivity contribution in [3.63, 3.8) is 0 Å². The van der Waals surface area contributed by atoms with Gasteiger partial charge in [0.2, 0.25) is 0 Å². The Morgan fingerprint density at radius 1 is 0.926 bits per heavy atom. The van der Waals surface area contributed by atoms with Gasteiger partial charge in [0.1, 0.15) is 5.75 Å². The summed E-state index contributed by atoms with van der Waals surface area (Å²) in [4.78, 5) is 12.6. The van der Waals surface area contributed by atoms with E-state index in [0.29, 0.717) is 17.8 Å². The molecule has 1 amide bonds. The van der Waals surface area contributed by atoms with Gasteiger partial charge < -0.3 is 10.1 Å². The van der Waals surface area contributed by atoms with Crippen molar-refractivity contribution >= 4 is 11.6 Å². The zero-order chi connectivity index (χ0) is 20.1. The number of hydrogen-bond acceptors (Lipinski definition) is 2. The van der Waals surface area contributed by atoms with E-state index in [0.717, 1.165) is 28.1 Å². The van der Waals surface area contributed by atoms with E-state index in [2.05, 4.69) is 71.1 Å². The number of carbonyl (C=O) groups is 1.